The van der Waals surface area contributed by atoms with Gasteiger partial charge in [-0.25, -0.2) is 4.98 Å². The molecule has 1 atom stereocenters. The number of rotatable bonds is 6. The Morgan fingerprint density at radius 1 is 1.20 bits per heavy atom. The number of benzene rings is 2. The van der Waals surface area contributed by atoms with E-state index in [0.717, 1.165) is 34.4 Å². The fourth-order valence-corrected chi connectivity index (χ4v) is 2.63. The van der Waals surface area contributed by atoms with Crippen molar-refractivity contribution >= 4 is 29.3 Å². The largest absolute Gasteiger partial charge is 0.351 e. The molecule has 25 heavy (non-hydrogen) atoms. The van der Waals surface area contributed by atoms with Crippen LogP contribution in [-0.2, 0) is 11.3 Å². The van der Waals surface area contributed by atoms with Crippen molar-refractivity contribution < 1.29 is 4.79 Å². The Morgan fingerprint density at radius 2 is 1.92 bits per heavy atom. The zero-order valence-corrected chi connectivity index (χ0v) is 15.0. The molecule has 1 heterocycles. The number of aromatic nitrogens is 2. The summed E-state index contributed by atoms with van der Waals surface area (Å²) in [6.07, 6.45) is 1.61. The highest BCUT2D eigenvalue weighted by atomic mass is 35.5. The van der Waals surface area contributed by atoms with Crippen molar-refractivity contribution in [1.29, 1.82) is 0 Å². The first-order chi connectivity index (χ1) is 11.7. The lowest BCUT2D eigenvalue weighted by molar-refractivity contribution is -0.122. The first-order valence-electron chi connectivity index (χ1n) is 8.24. The van der Waals surface area contributed by atoms with Crippen LogP contribution >= 0.6 is 12.4 Å². The molecule has 1 amide bonds. The molecular weight excluding hydrogens is 336 g/mol. The average molecular weight is 359 g/mol. The second-order valence-corrected chi connectivity index (χ2v) is 5.91. The monoisotopic (exact) mass is 358 g/mol. The summed E-state index contributed by atoms with van der Waals surface area (Å²) in [5.74, 6) is 0.745. The Balaban J connectivity index is 0.00000225. The number of nitrogens with zero attached hydrogens (tertiary/aromatic N) is 1. The topological polar surface area (TPSA) is 83.8 Å². The molecule has 1 aromatic heterocycles. The van der Waals surface area contributed by atoms with Crippen LogP contribution in [0, 0.1) is 0 Å². The number of hydrogen-bond donors (Lipinski definition) is 3. The van der Waals surface area contributed by atoms with Crippen molar-refractivity contribution in [2.75, 3.05) is 0 Å². The molecule has 0 fully saturated rings. The molecule has 0 saturated heterocycles. The van der Waals surface area contributed by atoms with Gasteiger partial charge in [-0.1, -0.05) is 49.7 Å². The normalized spacial score (nSPS) is 11.8. The number of halogens is 1. The molecule has 0 aliphatic rings. The molecular formula is C19H23ClN4O. The van der Waals surface area contributed by atoms with E-state index in [4.69, 9.17) is 5.73 Å². The number of nitrogens with one attached hydrogen (secondary N) is 2. The zero-order valence-electron chi connectivity index (χ0n) is 14.2. The molecule has 2 aromatic carbocycles. The SMILES string of the molecule is CCCC(N)C(=O)NCc1ccc(-c2nc3ccccc3[nH]2)cc1.Cl. The zero-order chi connectivity index (χ0) is 16.9. The summed E-state index contributed by atoms with van der Waals surface area (Å²) in [6, 6.07) is 15.5. The molecule has 5 nitrogen and oxygen atoms in total. The molecule has 4 N–H and O–H groups in total. The van der Waals surface area contributed by atoms with E-state index in [1.54, 1.807) is 0 Å². The summed E-state index contributed by atoms with van der Waals surface area (Å²) in [4.78, 5) is 19.7. The number of carbonyl (C=O) groups excluding carboxylic acids is 1. The summed E-state index contributed by atoms with van der Waals surface area (Å²) in [5, 5.41) is 2.88. The van der Waals surface area contributed by atoms with E-state index < -0.39 is 6.04 Å². The van der Waals surface area contributed by atoms with Crippen molar-refractivity contribution in [2.24, 2.45) is 5.73 Å². The van der Waals surface area contributed by atoms with Crippen LogP contribution in [0.4, 0.5) is 0 Å². The smallest absolute Gasteiger partial charge is 0.237 e. The van der Waals surface area contributed by atoms with Gasteiger partial charge in [0, 0.05) is 12.1 Å². The highest BCUT2D eigenvalue weighted by Crippen LogP contribution is 2.20. The van der Waals surface area contributed by atoms with E-state index in [2.05, 4.69) is 15.3 Å². The minimum absolute atomic E-state index is 0. The third-order valence-electron chi connectivity index (χ3n) is 4.02. The van der Waals surface area contributed by atoms with Gasteiger partial charge in [-0.15, -0.1) is 12.4 Å². The summed E-state index contributed by atoms with van der Waals surface area (Å²) in [7, 11) is 0. The van der Waals surface area contributed by atoms with Gasteiger partial charge in [-0.05, 0) is 24.1 Å². The van der Waals surface area contributed by atoms with E-state index in [-0.39, 0.29) is 18.3 Å². The Morgan fingerprint density at radius 3 is 2.60 bits per heavy atom. The van der Waals surface area contributed by atoms with Gasteiger partial charge in [0.1, 0.15) is 5.82 Å². The Bertz CT molecular complexity index is 796. The van der Waals surface area contributed by atoms with Crippen molar-refractivity contribution in [3.05, 3.63) is 54.1 Å². The van der Waals surface area contributed by atoms with E-state index >= 15 is 0 Å². The summed E-state index contributed by atoms with van der Waals surface area (Å²) < 4.78 is 0. The standard InChI is InChI=1S/C19H22N4O.ClH/c1-2-5-15(20)19(24)21-12-13-8-10-14(11-9-13)18-22-16-6-3-4-7-17(16)23-18;/h3-4,6-11,15H,2,5,12,20H2,1H3,(H,21,24)(H,22,23);1H. The van der Waals surface area contributed by atoms with Crippen LogP contribution in [0.2, 0.25) is 0 Å². The number of H-pyrrole nitrogens is 1. The molecule has 3 aromatic rings. The molecule has 132 valence electrons. The van der Waals surface area contributed by atoms with E-state index in [1.165, 1.54) is 0 Å². The number of amides is 1. The fourth-order valence-electron chi connectivity index (χ4n) is 2.63. The molecule has 0 radical (unpaired) electrons. The maximum absolute atomic E-state index is 11.8. The number of nitrogens with two attached hydrogens (primary N) is 1. The van der Waals surface area contributed by atoms with Gasteiger partial charge < -0.3 is 16.0 Å². The van der Waals surface area contributed by atoms with Crippen LogP contribution in [0.3, 0.4) is 0 Å². The number of hydrogen-bond acceptors (Lipinski definition) is 3. The number of imidazole rings is 1. The average Bonchev–Trinajstić information content (AvgIpc) is 3.04. The molecule has 0 saturated carbocycles. The first kappa shape index (κ1) is 19.0. The van der Waals surface area contributed by atoms with Gasteiger partial charge in [0.25, 0.3) is 0 Å². The maximum atomic E-state index is 11.8. The van der Waals surface area contributed by atoms with Gasteiger partial charge in [0.05, 0.1) is 17.1 Å². The molecule has 0 bridgehead atoms. The van der Waals surface area contributed by atoms with Crippen LogP contribution in [0.1, 0.15) is 25.3 Å². The summed E-state index contributed by atoms with van der Waals surface area (Å²) >= 11 is 0. The Hall–Kier alpha value is -2.37. The van der Waals surface area contributed by atoms with Crippen molar-refractivity contribution in [3.63, 3.8) is 0 Å². The van der Waals surface area contributed by atoms with Gasteiger partial charge in [0.2, 0.25) is 5.91 Å². The van der Waals surface area contributed by atoms with Crippen LogP contribution in [0.15, 0.2) is 48.5 Å². The van der Waals surface area contributed by atoms with Crippen molar-refractivity contribution in [1.82, 2.24) is 15.3 Å². The lowest BCUT2D eigenvalue weighted by Crippen LogP contribution is -2.40. The van der Waals surface area contributed by atoms with Crippen LogP contribution in [-0.4, -0.2) is 21.9 Å². The second kappa shape index (κ2) is 8.65. The lowest BCUT2D eigenvalue weighted by atomic mass is 10.1. The van der Waals surface area contributed by atoms with Crippen molar-refractivity contribution in [3.8, 4) is 11.4 Å². The first-order valence-corrected chi connectivity index (χ1v) is 8.24. The maximum Gasteiger partial charge on any atom is 0.237 e. The van der Waals surface area contributed by atoms with Crippen LogP contribution < -0.4 is 11.1 Å². The molecule has 0 aliphatic heterocycles. The van der Waals surface area contributed by atoms with Crippen LogP contribution in [0.25, 0.3) is 22.4 Å². The predicted molar refractivity (Wildman–Crippen MR) is 104 cm³/mol. The lowest BCUT2D eigenvalue weighted by Gasteiger charge is -2.11. The van der Waals surface area contributed by atoms with Gasteiger partial charge in [-0.3, -0.25) is 4.79 Å². The van der Waals surface area contributed by atoms with Crippen molar-refractivity contribution in [2.45, 2.75) is 32.4 Å². The molecule has 1 unspecified atom stereocenters. The summed E-state index contributed by atoms with van der Waals surface area (Å²) in [6.45, 7) is 2.50. The summed E-state index contributed by atoms with van der Waals surface area (Å²) in [5.41, 5.74) is 9.83. The quantitative estimate of drug-likeness (QED) is 0.631. The molecule has 0 aliphatic carbocycles. The molecule has 6 heteroatoms. The van der Waals surface area contributed by atoms with E-state index in [9.17, 15) is 4.79 Å². The van der Waals surface area contributed by atoms with E-state index in [1.807, 2.05) is 55.5 Å². The fraction of sp³-hybridized carbons (Fsp3) is 0.263. The number of carbonyl (C=O) groups is 1. The minimum Gasteiger partial charge on any atom is -0.351 e. The second-order valence-electron chi connectivity index (χ2n) is 5.91. The number of para-hydroxylation sites is 2. The number of fused-ring (bicyclic) bond motifs is 1. The van der Waals surface area contributed by atoms with Gasteiger partial charge >= 0.3 is 0 Å². The third kappa shape index (κ3) is 4.59. The highest BCUT2D eigenvalue weighted by Gasteiger charge is 2.11. The highest BCUT2D eigenvalue weighted by molar-refractivity contribution is 5.85. The minimum atomic E-state index is -0.426. The number of aromatic amines is 1. The van der Waals surface area contributed by atoms with Crippen LogP contribution in [0.5, 0.6) is 0 Å². The van der Waals surface area contributed by atoms with Gasteiger partial charge in [0.15, 0.2) is 0 Å². The molecule has 3 rings (SSSR count). The van der Waals surface area contributed by atoms with Gasteiger partial charge in [-0.2, -0.15) is 0 Å². The van der Waals surface area contributed by atoms with E-state index in [0.29, 0.717) is 13.0 Å². The Labute approximate surface area is 153 Å². The predicted octanol–water partition coefficient (Wildman–Crippen LogP) is 3.40. The Kier molecular flexibility index (Phi) is 6.56. The molecule has 0 spiro atoms. The third-order valence-corrected chi connectivity index (χ3v) is 4.02.